The van der Waals surface area contributed by atoms with Crippen molar-refractivity contribution in [2.24, 2.45) is 0 Å². The molecule has 0 radical (unpaired) electrons. The Labute approximate surface area is 170 Å². The van der Waals surface area contributed by atoms with E-state index in [1.54, 1.807) is 37.3 Å². The first-order valence-electron chi connectivity index (χ1n) is 9.27. The Bertz CT molecular complexity index is 861. The summed E-state index contributed by atoms with van der Waals surface area (Å²) in [5.41, 5.74) is 1.48. The van der Waals surface area contributed by atoms with Gasteiger partial charge in [0.25, 0.3) is 0 Å². The van der Waals surface area contributed by atoms with Crippen LogP contribution in [-0.4, -0.2) is 64.2 Å². The number of nitrogens with zero attached hydrogens (tertiary/aromatic N) is 2. The number of carbonyl (C=O) groups is 2. The van der Waals surface area contributed by atoms with Gasteiger partial charge >= 0.3 is 11.8 Å². The number of piperazine rings is 1. The summed E-state index contributed by atoms with van der Waals surface area (Å²) in [7, 11) is 4.67. The molecule has 8 heteroatoms. The van der Waals surface area contributed by atoms with Crippen molar-refractivity contribution in [1.82, 2.24) is 4.90 Å². The van der Waals surface area contributed by atoms with E-state index in [-0.39, 0.29) is 0 Å². The minimum atomic E-state index is -0.689. The molecule has 1 aliphatic heterocycles. The number of hydrogen-bond donors (Lipinski definition) is 1. The van der Waals surface area contributed by atoms with Gasteiger partial charge in [0.2, 0.25) is 0 Å². The third-order valence-electron chi connectivity index (χ3n) is 4.86. The van der Waals surface area contributed by atoms with Gasteiger partial charge in [-0.3, -0.25) is 9.59 Å². The highest BCUT2D eigenvalue weighted by Gasteiger charge is 2.26. The van der Waals surface area contributed by atoms with E-state index in [2.05, 4.69) is 10.2 Å². The number of benzene rings is 2. The van der Waals surface area contributed by atoms with Crippen molar-refractivity contribution in [3.63, 3.8) is 0 Å². The summed E-state index contributed by atoms with van der Waals surface area (Å²) in [4.78, 5) is 28.7. The molecule has 1 saturated heterocycles. The molecule has 0 unspecified atom stereocenters. The predicted octanol–water partition coefficient (Wildman–Crippen LogP) is 2.00. The number of methoxy groups -OCH3 is 3. The van der Waals surface area contributed by atoms with Crippen LogP contribution in [0.4, 0.5) is 11.4 Å². The summed E-state index contributed by atoms with van der Waals surface area (Å²) in [6, 6.07) is 12.8. The molecule has 154 valence electrons. The highest BCUT2D eigenvalue weighted by molar-refractivity contribution is 6.39. The molecule has 0 atom stereocenters. The normalized spacial score (nSPS) is 13.6. The minimum Gasteiger partial charge on any atom is -0.497 e. The second kappa shape index (κ2) is 9.18. The molecule has 1 fully saturated rings. The maximum atomic E-state index is 12.6. The van der Waals surface area contributed by atoms with E-state index in [0.29, 0.717) is 43.4 Å². The molecule has 0 aliphatic carbocycles. The van der Waals surface area contributed by atoms with E-state index in [9.17, 15) is 9.59 Å². The summed E-state index contributed by atoms with van der Waals surface area (Å²) in [5.74, 6) is 0.576. The zero-order valence-electron chi connectivity index (χ0n) is 16.8. The van der Waals surface area contributed by atoms with Crippen molar-refractivity contribution in [2.75, 3.05) is 57.7 Å². The van der Waals surface area contributed by atoms with Crippen LogP contribution in [0.1, 0.15) is 0 Å². The Balaban J connectivity index is 1.58. The van der Waals surface area contributed by atoms with E-state index in [1.165, 1.54) is 7.11 Å². The largest absolute Gasteiger partial charge is 0.497 e. The lowest BCUT2D eigenvalue weighted by molar-refractivity contribution is -0.143. The fourth-order valence-electron chi connectivity index (χ4n) is 3.18. The van der Waals surface area contributed by atoms with Crippen LogP contribution in [-0.2, 0) is 9.59 Å². The van der Waals surface area contributed by atoms with E-state index >= 15 is 0 Å². The summed E-state index contributed by atoms with van der Waals surface area (Å²) in [6.45, 7) is 2.24. The molecule has 1 N–H and O–H groups in total. The van der Waals surface area contributed by atoms with Crippen molar-refractivity contribution in [1.29, 1.82) is 0 Å². The fourth-order valence-corrected chi connectivity index (χ4v) is 3.18. The molecule has 0 aromatic heterocycles. The van der Waals surface area contributed by atoms with Gasteiger partial charge in [0.1, 0.15) is 17.2 Å². The minimum absolute atomic E-state index is 0.420. The van der Waals surface area contributed by atoms with Crippen LogP contribution in [0.25, 0.3) is 0 Å². The van der Waals surface area contributed by atoms with Gasteiger partial charge in [0.05, 0.1) is 27.0 Å². The number of ether oxygens (including phenoxy) is 3. The van der Waals surface area contributed by atoms with Crippen LogP contribution in [0.15, 0.2) is 42.5 Å². The summed E-state index contributed by atoms with van der Waals surface area (Å²) in [5, 5.41) is 2.63. The van der Waals surface area contributed by atoms with E-state index in [4.69, 9.17) is 14.2 Å². The molecule has 3 rings (SSSR count). The molecule has 2 aromatic rings. The van der Waals surface area contributed by atoms with Crippen LogP contribution in [0, 0.1) is 0 Å². The molecule has 2 amide bonds. The number of anilines is 2. The van der Waals surface area contributed by atoms with E-state index in [0.717, 1.165) is 11.4 Å². The first-order valence-corrected chi connectivity index (χ1v) is 9.27. The van der Waals surface area contributed by atoms with Crippen LogP contribution < -0.4 is 24.4 Å². The van der Waals surface area contributed by atoms with Gasteiger partial charge in [0, 0.05) is 37.9 Å². The van der Waals surface area contributed by atoms with Crippen LogP contribution >= 0.6 is 0 Å². The van der Waals surface area contributed by atoms with Gasteiger partial charge in [-0.25, -0.2) is 0 Å². The number of nitrogens with one attached hydrogen (secondary N) is 1. The van der Waals surface area contributed by atoms with Crippen molar-refractivity contribution in [3.8, 4) is 17.2 Å². The van der Waals surface area contributed by atoms with Crippen molar-refractivity contribution in [2.45, 2.75) is 0 Å². The number of hydrogen-bond acceptors (Lipinski definition) is 6. The average molecular weight is 399 g/mol. The second-order valence-corrected chi connectivity index (χ2v) is 6.50. The van der Waals surface area contributed by atoms with Gasteiger partial charge in [0.15, 0.2) is 0 Å². The lowest BCUT2D eigenvalue weighted by Gasteiger charge is -2.35. The van der Waals surface area contributed by atoms with Crippen molar-refractivity contribution >= 4 is 23.2 Å². The molecule has 1 aliphatic rings. The Morgan fingerprint density at radius 3 is 2.03 bits per heavy atom. The summed E-state index contributed by atoms with van der Waals surface area (Å²) >= 11 is 0. The molecule has 29 heavy (non-hydrogen) atoms. The SMILES string of the molecule is COc1ccc(N2CCN(C(=O)C(=O)Nc3ccc(OC)cc3OC)CC2)cc1. The lowest BCUT2D eigenvalue weighted by Crippen LogP contribution is -2.51. The van der Waals surface area contributed by atoms with Gasteiger partial charge in [-0.1, -0.05) is 0 Å². The Morgan fingerprint density at radius 1 is 0.828 bits per heavy atom. The number of carbonyl (C=O) groups excluding carboxylic acids is 2. The first kappa shape index (κ1) is 20.3. The van der Waals surface area contributed by atoms with Crippen molar-refractivity contribution in [3.05, 3.63) is 42.5 Å². The zero-order valence-corrected chi connectivity index (χ0v) is 16.8. The highest BCUT2D eigenvalue weighted by Crippen LogP contribution is 2.29. The molecule has 0 spiro atoms. The second-order valence-electron chi connectivity index (χ2n) is 6.50. The maximum Gasteiger partial charge on any atom is 0.314 e. The maximum absolute atomic E-state index is 12.6. The third-order valence-corrected chi connectivity index (χ3v) is 4.86. The number of amides is 2. The molecule has 0 bridgehead atoms. The quantitative estimate of drug-likeness (QED) is 0.775. The molecular formula is C21H25N3O5. The Kier molecular flexibility index (Phi) is 6.43. The monoisotopic (exact) mass is 399 g/mol. The van der Waals surface area contributed by atoms with Gasteiger partial charge in [-0.05, 0) is 36.4 Å². The lowest BCUT2D eigenvalue weighted by atomic mass is 10.2. The Hall–Kier alpha value is -3.42. The van der Waals surface area contributed by atoms with Gasteiger partial charge in [-0.2, -0.15) is 0 Å². The topological polar surface area (TPSA) is 80.3 Å². The predicted molar refractivity (Wildman–Crippen MR) is 110 cm³/mol. The smallest absolute Gasteiger partial charge is 0.314 e. The average Bonchev–Trinajstić information content (AvgIpc) is 2.79. The number of rotatable bonds is 5. The molecule has 1 heterocycles. The molecule has 2 aromatic carbocycles. The van der Waals surface area contributed by atoms with Crippen LogP contribution in [0.3, 0.4) is 0 Å². The zero-order chi connectivity index (χ0) is 20.8. The van der Waals surface area contributed by atoms with Crippen LogP contribution in [0.2, 0.25) is 0 Å². The highest BCUT2D eigenvalue weighted by atomic mass is 16.5. The molecular weight excluding hydrogens is 374 g/mol. The standard InChI is InChI=1S/C21H25N3O5/c1-27-16-6-4-15(5-7-16)23-10-12-24(13-11-23)21(26)20(25)22-18-9-8-17(28-2)14-19(18)29-3/h4-9,14H,10-13H2,1-3H3,(H,22,25). The van der Waals surface area contributed by atoms with Gasteiger partial charge < -0.3 is 29.3 Å². The summed E-state index contributed by atoms with van der Waals surface area (Å²) in [6.07, 6.45) is 0. The molecule has 0 saturated carbocycles. The van der Waals surface area contributed by atoms with E-state index < -0.39 is 11.8 Å². The van der Waals surface area contributed by atoms with Crippen molar-refractivity contribution < 1.29 is 23.8 Å². The Morgan fingerprint density at radius 2 is 1.45 bits per heavy atom. The van der Waals surface area contributed by atoms with Crippen LogP contribution in [0.5, 0.6) is 17.2 Å². The van der Waals surface area contributed by atoms with E-state index in [1.807, 2.05) is 24.3 Å². The molecule has 8 nitrogen and oxygen atoms in total. The third kappa shape index (κ3) is 4.71. The first-order chi connectivity index (χ1) is 14.0. The summed E-state index contributed by atoms with van der Waals surface area (Å²) < 4.78 is 15.6. The fraction of sp³-hybridized carbons (Fsp3) is 0.333. The van der Waals surface area contributed by atoms with Gasteiger partial charge in [-0.15, -0.1) is 0 Å².